The van der Waals surface area contributed by atoms with E-state index < -0.39 is 0 Å². The van der Waals surface area contributed by atoms with Gasteiger partial charge in [0.25, 0.3) is 0 Å². The molecule has 2 heteroatoms. The van der Waals surface area contributed by atoms with E-state index >= 15 is 0 Å². The summed E-state index contributed by atoms with van der Waals surface area (Å²) in [4.78, 5) is 0. The predicted octanol–water partition coefficient (Wildman–Crippen LogP) is 4.78. The van der Waals surface area contributed by atoms with Gasteiger partial charge in [0, 0.05) is 0 Å². The van der Waals surface area contributed by atoms with Gasteiger partial charge in [-0.05, 0) is 61.7 Å². The third-order valence-electron chi connectivity index (χ3n) is 3.69. The largest absolute Gasteiger partial charge is 0.494 e. The second kappa shape index (κ2) is 9.41. The van der Waals surface area contributed by atoms with Crippen LogP contribution >= 0.6 is 0 Å². The molecule has 0 fully saturated rings. The summed E-state index contributed by atoms with van der Waals surface area (Å²) in [6.07, 6.45) is 6.15. The van der Waals surface area contributed by atoms with Crippen LogP contribution in [0.5, 0.6) is 5.75 Å². The van der Waals surface area contributed by atoms with Gasteiger partial charge in [-0.3, -0.25) is 0 Å². The van der Waals surface area contributed by atoms with Gasteiger partial charge in [0.15, 0.2) is 0 Å². The van der Waals surface area contributed by atoms with Crippen LogP contribution < -0.4 is 10.1 Å². The smallest absolute Gasteiger partial charge is 0.119 e. The van der Waals surface area contributed by atoms with Crippen LogP contribution in [0.25, 0.3) is 10.8 Å². The zero-order chi connectivity index (χ0) is 14.8. The molecular weight excluding hydrogens is 258 g/mol. The Morgan fingerprint density at radius 1 is 0.857 bits per heavy atom. The maximum Gasteiger partial charge on any atom is 0.119 e. The van der Waals surface area contributed by atoms with E-state index in [1.165, 1.54) is 36.5 Å². The van der Waals surface area contributed by atoms with Crippen molar-refractivity contribution >= 4 is 10.8 Å². The van der Waals surface area contributed by atoms with E-state index in [0.717, 1.165) is 31.9 Å². The van der Waals surface area contributed by atoms with Gasteiger partial charge in [0.1, 0.15) is 5.75 Å². The van der Waals surface area contributed by atoms with Crippen LogP contribution in [0.15, 0.2) is 42.5 Å². The molecule has 0 radical (unpaired) electrons. The molecule has 0 aliphatic rings. The lowest BCUT2D eigenvalue weighted by molar-refractivity contribution is 0.305. The average Bonchev–Trinajstić information content (AvgIpc) is 2.53. The molecule has 0 unspecified atom stereocenters. The number of benzene rings is 2. The molecule has 1 N–H and O–H groups in total. The molecule has 0 bridgehead atoms. The first-order valence-corrected chi connectivity index (χ1v) is 8.22. The molecule has 21 heavy (non-hydrogen) atoms. The van der Waals surface area contributed by atoms with Crippen LogP contribution in [-0.4, -0.2) is 19.7 Å². The van der Waals surface area contributed by atoms with Crippen LogP contribution in [0.2, 0.25) is 0 Å². The molecule has 0 heterocycles. The Labute approximate surface area is 128 Å². The highest BCUT2D eigenvalue weighted by molar-refractivity contribution is 5.83. The highest BCUT2D eigenvalue weighted by Gasteiger charge is 1.97. The lowest BCUT2D eigenvalue weighted by Crippen LogP contribution is -2.16. The minimum absolute atomic E-state index is 0.813. The minimum atomic E-state index is 0.813. The minimum Gasteiger partial charge on any atom is -0.494 e. The second-order valence-corrected chi connectivity index (χ2v) is 5.52. The molecular formula is C19H27NO. The van der Waals surface area contributed by atoms with Crippen molar-refractivity contribution < 1.29 is 4.74 Å². The fraction of sp³-hybridized carbons (Fsp3) is 0.474. The van der Waals surface area contributed by atoms with Crippen molar-refractivity contribution in [2.45, 2.75) is 39.0 Å². The average molecular weight is 285 g/mol. The third-order valence-corrected chi connectivity index (χ3v) is 3.69. The van der Waals surface area contributed by atoms with Gasteiger partial charge in [-0.25, -0.2) is 0 Å². The Morgan fingerprint density at radius 2 is 1.67 bits per heavy atom. The quantitative estimate of drug-likeness (QED) is 0.634. The second-order valence-electron chi connectivity index (χ2n) is 5.52. The van der Waals surface area contributed by atoms with Crippen molar-refractivity contribution in [1.29, 1.82) is 0 Å². The third kappa shape index (κ3) is 5.76. The zero-order valence-electron chi connectivity index (χ0n) is 13.1. The summed E-state index contributed by atoms with van der Waals surface area (Å²) in [7, 11) is 0. The van der Waals surface area contributed by atoms with Crippen LogP contribution in [0.3, 0.4) is 0 Å². The first-order valence-electron chi connectivity index (χ1n) is 8.22. The maximum atomic E-state index is 5.84. The molecule has 0 aliphatic heterocycles. The SMILES string of the molecule is CCCCNCCCCCOc1ccc2ccccc2c1. The van der Waals surface area contributed by atoms with Gasteiger partial charge in [-0.1, -0.05) is 43.7 Å². The van der Waals surface area contributed by atoms with Crippen molar-refractivity contribution in [2.24, 2.45) is 0 Å². The van der Waals surface area contributed by atoms with E-state index in [2.05, 4.69) is 54.7 Å². The van der Waals surface area contributed by atoms with Gasteiger partial charge < -0.3 is 10.1 Å². The van der Waals surface area contributed by atoms with Crippen molar-refractivity contribution in [3.63, 3.8) is 0 Å². The predicted molar refractivity (Wildman–Crippen MR) is 91.1 cm³/mol. The number of hydrogen-bond acceptors (Lipinski definition) is 2. The first kappa shape index (κ1) is 15.8. The Kier molecular flexibility index (Phi) is 7.10. The molecule has 0 atom stereocenters. The van der Waals surface area contributed by atoms with Crippen LogP contribution in [0.1, 0.15) is 39.0 Å². The summed E-state index contributed by atoms with van der Waals surface area (Å²) in [6.45, 7) is 5.33. The van der Waals surface area contributed by atoms with Crippen molar-refractivity contribution in [1.82, 2.24) is 5.32 Å². The van der Waals surface area contributed by atoms with Gasteiger partial charge in [-0.2, -0.15) is 0 Å². The van der Waals surface area contributed by atoms with E-state index in [4.69, 9.17) is 4.74 Å². The Bertz CT molecular complexity index is 524. The highest BCUT2D eigenvalue weighted by Crippen LogP contribution is 2.20. The molecule has 2 nitrogen and oxygen atoms in total. The Morgan fingerprint density at radius 3 is 2.52 bits per heavy atom. The van der Waals surface area contributed by atoms with Crippen molar-refractivity contribution in [3.8, 4) is 5.75 Å². The summed E-state index contributed by atoms with van der Waals surface area (Å²) in [5.74, 6) is 0.981. The number of hydrogen-bond donors (Lipinski definition) is 1. The Balaban J connectivity index is 1.59. The number of rotatable bonds is 10. The van der Waals surface area contributed by atoms with Gasteiger partial charge in [-0.15, -0.1) is 0 Å². The first-order chi connectivity index (χ1) is 10.4. The summed E-state index contributed by atoms with van der Waals surface area (Å²) < 4.78 is 5.84. The van der Waals surface area contributed by atoms with Crippen LogP contribution in [0, 0.1) is 0 Å². The van der Waals surface area contributed by atoms with E-state index in [-0.39, 0.29) is 0 Å². The normalized spacial score (nSPS) is 10.9. The molecule has 0 aliphatic carbocycles. The van der Waals surface area contributed by atoms with Crippen LogP contribution in [-0.2, 0) is 0 Å². The molecule has 0 spiro atoms. The fourth-order valence-corrected chi connectivity index (χ4v) is 2.40. The number of ether oxygens (including phenoxy) is 1. The van der Waals surface area contributed by atoms with Gasteiger partial charge in [0.05, 0.1) is 6.61 Å². The van der Waals surface area contributed by atoms with E-state index in [1.807, 2.05) is 0 Å². The molecule has 114 valence electrons. The Hall–Kier alpha value is -1.54. The molecule has 2 aromatic carbocycles. The summed E-state index contributed by atoms with van der Waals surface area (Å²) in [5, 5.41) is 5.99. The maximum absolute atomic E-state index is 5.84. The highest BCUT2D eigenvalue weighted by atomic mass is 16.5. The van der Waals surface area contributed by atoms with E-state index in [9.17, 15) is 0 Å². The zero-order valence-corrected chi connectivity index (χ0v) is 13.1. The molecule has 2 rings (SSSR count). The monoisotopic (exact) mass is 285 g/mol. The number of unbranched alkanes of at least 4 members (excludes halogenated alkanes) is 3. The molecule has 2 aromatic rings. The standard InChI is InChI=1S/C19H27NO/c1-2-3-13-20-14-7-4-8-15-21-19-12-11-17-9-5-6-10-18(17)16-19/h5-6,9-12,16,20H,2-4,7-8,13-15H2,1H3. The van der Waals surface area contributed by atoms with Crippen LogP contribution in [0.4, 0.5) is 0 Å². The lowest BCUT2D eigenvalue weighted by Gasteiger charge is -2.08. The van der Waals surface area contributed by atoms with E-state index in [0.29, 0.717) is 0 Å². The molecule has 0 saturated carbocycles. The van der Waals surface area contributed by atoms with Crippen molar-refractivity contribution in [2.75, 3.05) is 19.7 Å². The van der Waals surface area contributed by atoms with E-state index in [1.54, 1.807) is 0 Å². The lowest BCUT2D eigenvalue weighted by atomic mass is 10.1. The van der Waals surface area contributed by atoms with Gasteiger partial charge >= 0.3 is 0 Å². The number of nitrogens with one attached hydrogen (secondary N) is 1. The number of fused-ring (bicyclic) bond motifs is 1. The summed E-state index contributed by atoms with van der Waals surface area (Å²) in [5.41, 5.74) is 0. The fourth-order valence-electron chi connectivity index (χ4n) is 2.40. The molecule has 0 saturated heterocycles. The van der Waals surface area contributed by atoms with Crippen molar-refractivity contribution in [3.05, 3.63) is 42.5 Å². The molecule has 0 amide bonds. The molecule has 0 aromatic heterocycles. The summed E-state index contributed by atoms with van der Waals surface area (Å²) in [6, 6.07) is 14.7. The van der Waals surface area contributed by atoms with Gasteiger partial charge in [0.2, 0.25) is 0 Å². The summed E-state index contributed by atoms with van der Waals surface area (Å²) >= 11 is 0. The topological polar surface area (TPSA) is 21.3 Å².